The molecule has 0 amide bonds. The maximum Gasteiger partial charge on any atom is 0.225 e. The molecule has 2 heterocycles. The quantitative estimate of drug-likeness (QED) is 0.855. The van der Waals surface area contributed by atoms with Gasteiger partial charge in [0, 0.05) is 16.2 Å². The van der Waals surface area contributed by atoms with Crippen LogP contribution in [0.4, 0.5) is 5.82 Å². The minimum atomic E-state index is 0.329. The van der Waals surface area contributed by atoms with Gasteiger partial charge in [-0.25, -0.2) is 9.97 Å². The standard InChI is InChI=1S/C13H16ClN3S2/c1-7-6-8-11(16-13(14)17-12(8)19-7)15-9-4-3-5-10(9)18-2/h6,9-10H,3-5H2,1-2H3,(H,15,16,17). The summed E-state index contributed by atoms with van der Waals surface area (Å²) in [5.74, 6) is 0.894. The molecule has 0 aliphatic heterocycles. The third-order valence-corrected chi connectivity index (χ3v) is 5.85. The number of thioether (sulfide) groups is 1. The van der Waals surface area contributed by atoms with Gasteiger partial charge in [-0.3, -0.25) is 0 Å². The normalized spacial score (nSPS) is 23.1. The average Bonchev–Trinajstić information content (AvgIpc) is 2.94. The van der Waals surface area contributed by atoms with E-state index in [4.69, 9.17) is 11.6 Å². The van der Waals surface area contributed by atoms with Crippen LogP contribution in [0.5, 0.6) is 0 Å². The molecule has 3 nitrogen and oxygen atoms in total. The van der Waals surface area contributed by atoms with Crippen LogP contribution in [0.15, 0.2) is 6.07 Å². The Balaban J connectivity index is 1.95. The number of nitrogens with one attached hydrogen (secondary N) is 1. The number of anilines is 1. The van der Waals surface area contributed by atoms with Gasteiger partial charge >= 0.3 is 0 Å². The van der Waals surface area contributed by atoms with Crippen molar-refractivity contribution in [3.63, 3.8) is 0 Å². The third-order valence-electron chi connectivity index (χ3n) is 3.57. The van der Waals surface area contributed by atoms with Crippen molar-refractivity contribution in [2.75, 3.05) is 11.6 Å². The lowest BCUT2D eigenvalue weighted by Gasteiger charge is -2.20. The number of thiophene rings is 1. The Hall–Kier alpha value is -0.520. The summed E-state index contributed by atoms with van der Waals surface area (Å²) in [5.41, 5.74) is 0. The fourth-order valence-corrected chi connectivity index (χ4v) is 4.71. The first-order valence-corrected chi connectivity index (χ1v) is 8.88. The summed E-state index contributed by atoms with van der Waals surface area (Å²) in [4.78, 5) is 10.9. The van der Waals surface area contributed by atoms with Crippen molar-refractivity contribution in [2.45, 2.75) is 37.5 Å². The highest BCUT2D eigenvalue weighted by Gasteiger charge is 2.27. The first kappa shape index (κ1) is 13.5. The zero-order valence-corrected chi connectivity index (χ0v) is 13.3. The Morgan fingerprint density at radius 1 is 1.42 bits per heavy atom. The van der Waals surface area contributed by atoms with Crippen LogP contribution < -0.4 is 5.32 Å². The number of hydrogen-bond donors (Lipinski definition) is 1. The molecule has 19 heavy (non-hydrogen) atoms. The minimum Gasteiger partial charge on any atom is -0.366 e. The summed E-state index contributed by atoms with van der Waals surface area (Å²) in [6.45, 7) is 2.09. The topological polar surface area (TPSA) is 37.8 Å². The second-order valence-electron chi connectivity index (χ2n) is 4.87. The van der Waals surface area contributed by atoms with E-state index in [1.54, 1.807) is 11.3 Å². The molecule has 0 saturated heterocycles. The van der Waals surface area contributed by atoms with Gasteiger partial charge in [0.05, 0.1) is 5.39 Å². The highest BCUT2D eigenvalue weighted by atomic mass is 35.5. The summed E-state index contributed by atoms with van der Waals surface area (Å²) in [7, 11) is 0. The van der Waals surface area contributed by atoms with Crippen LogP contribution in [0.3, 0.4) is 0 Å². The molecule has 0 spiro atoms. The van der Waals surface area contributed by atoms with Crippen molar-refractivity contribution in [2.24, 2.45) is 0 Å². The van der Waals surface area contributed by atoms with Crippen LogP contribution in [-0.2, 0) is 0 Å². The lowest BCUT2D eigenvalue weighted by molar-refractivity contribution is 0.764. The van der Waals surface area contributed by atoms with Crippen molar-refractivity contribution in [1.29, 1.82) is 0 Å². The monoisotopic (exact) mass is 313 g/mol. The average molecular weight is 314 g/mol. The fraction of sp³-hybridized carbons (Fsp3) is 0.538. The van der Waals surface area contributed by atoms with Gasteiger partial charge < -0.3 is 5.32 Å². The van der Waals surface area contributed by atoms with E-state index in [0.717, 1.165) is 16.0 Å². The number of aromatic nitrogens is 2. The van der Waals surface area contributed by atoms with E-state index in [9.17, 15) is 0 Å². The van der Waals surface area contributed by atoms with E-state index in [0.29, 0.717) is 16.6 Å². The van der Waals surface area contributed by atoms with E-state index in [1.165, 1.54) is 24.1 Å². The van der Waals surface area contributed by atoms with E-state index in [1.807, 2.05) is 11.8 Å². The van der Waals surface area contributed by atoms with Gasteiger partial charge in [0.25, 0.3) is 0 Å². The van der Waals surface area contributed by atoms with Crippen LogP contribution in [0.1, 0.15) is 24.1 Å². The lowest BCUT2D eigenvalue weighted by Crippen LogP contribution is -2.26. The molecular weight excluding hydrogens is 298 g/mol. The number of nitrogens with zero attached hydrogens (tertiary/aromatic N) is 2. The summed E-state index contributed by atoms with van der Waals surface area (Å²) < 4.78 is 0. The second kappa shape index (κ2) is 5.46. The van der Waals surface area contributed by atoms with Crippen molar-refractivity contribution >= 4 is 50.7 Å². The molecule has 102 valence electrons. The van der Waals surface area contributed by atoms with Gasteiger partial charge in [-0.2, -0.15) is 11.8 Å². The first-order valence-electron chi connectivity index (χ1n) is 6.40. The molecule has 1 aliphatic rings. The maximum atomic E-state index is 6.03. The maximum absolute atomic E-state index is 6.03. The summed E-state index contributed by atoms with van der Waals surface area (Å²) >= 11 is 9.63. The molecule has 3 rings (SSSR count). The first-order chi connectivity index (χ1) is 9.17. The van der Waals surface area contributed by atoms with Crippen LogP contribution in [0.2, 0.25) is 5.28 Å². The van der Waals surface area contributed by atoms with Crippen molar-refractivity contribution in [1.82, 2.24) is 9.97 Å². The van der Waals surface area contributed by atoms with E-state index in [-0.39, 0.29) is 0 Å². The summed E-state index contributed by atoms with van der Waals surface area (Å²) in [6, 6.07) is 2.63. The number of halogens is 1. The van der Waals surface area contributed by atoms with Crippen LogP contribution in [0.25, 0.3) is 10.2 Å². The molecule has 0 radical (unpaired) electrons. The molecule has 1 N–H and O–H groups in total. The summed E-state index contributed by atoms with van der Waals surface area (Å²) in [5, 5.41) is 5.68. The molecule has 1 saturated carbocycles. The Morgan fingerprint density at radius 3 is 3.05 bits per heavy atom. The molecule has 2 aromatic rings. The molecule has 0 aromatic carbocycles. The second-order valence-corrected chi connectivity index (χ2v) is 7.52. The van der Waals surface area contributed by atoms with Gasteiger partial charge in [-0.1, -0.05) is 6.42 Å². The van der Waals surface area contributed by atoms with Gasteiger partial charge in [0.2, 0.25) is 5.28 Å². The number of rotatable bonds is 3. The minimum absolute atomic E-state index is 0.329. The van der Waals surface area contributed by atoms with Crippen molar-refractivity contribution in [3.05, 3.63) is 16.2 Å². The van der Waals surface area contributed by atoms with E-state index < -0.39 is 0 Å². The molecular formula is C13H16ClN3S2. The van der Waals surface area contributed by atoms with Gasteiger partial charge in [-0.05, 0) is 43.7 Å². The molecule has 6 heteroatoms. The zero-order chi connectivity index (χ0) is 13.4. The lowest BCUT2D eigenvalue weighted by atomic mass is 10.2. The molecule has 2 aromatic heterocycles. The van der Waals surface area contributed by atoms with Crippen LogP contribution in [0, 0.1) is 6.92 Å². The number of hydrogen-bond acceptors (Lipinski definition) is 5. The summed E-state index contributed by atoms with van der Waals surface area (Å²) in [6.07, 6.45) is 5.96. The van der Waals surface area contributed by atoms with E-state index in [2.05, 4.69) is 34.5 Å². The molecule has 2 unspecified atom stereocenters. The Morgan fingerprint density at radius 2 is 2.26 bits per heavy atom. The molecule has 2 atom stereocenters. The van der Waals surface area contributed by atoms with Crippen LogP contribution >= 0.6 is 34.7 Å². The SMILES string of the molecule is CSC1CCCC1Nc1nc(Cl)nc2sc(C)cc12. The Kier molecular flexibility index (Phi) is 3.87. The van der Waals surface area contributed by atoms with Crippen LogP contribution in [-0.4, -0.2) is 27.5 Å². The largest absolute Gasteiger partial charge is 0.366 e. The van der Waals surface area contributed by atoms with E-state index >= 15 is 0 Å². The molecule has 1 fully saturated rings. The zero-order valence-electron chi connectivity index (χ0n) is 10.9. The Labute approximate surface area is 126 Å². The third kappa shape index (κ3) is 2.69. The van der Waals surface area contributed by atoms with Gasteiger partial charge in [0.15, 0.2) is 0 Å². The smallest absolute Gasteiger partial charge is 0.225 e. The fourth-order valence-electron chi connectivity index (χ4n) is 2.67. The predicted octanol–water partition coefficient (Wildman–Crippen LogP) is 4.35. The number of fused-ring (bicyclic) bond motifs is 1. The highest BCUT2D eigenvalue weighted by Crippen LogP contribution is 2.34. The Bertz CT molecular complexity index is 599. The van der Waals surface area contributed by atoms with Crippen molar-refractivity contribution in [3.8, 4) is 0 Å². The predicted molar refractivity (Wildman–Crippen MR) is 85.7 cm³/mol. The molecule has 0 bridgehead atoms. The van der Waals surface area contributed by atoms with Gasteiger partial charge in [-0.15, -0.1) is 11.3 Å². The highest BCUT2D eigenvalue weighted by molar-refractivity contribution is 7.99. The number of aryl methyl sites for hydroxylation is 1. The molecule has 1 aliphatic carbocycles. The van der Waals surface area contributed by atoms with Crippen molar-refractivity contribution < 1.29 is 0 Å². The van der Waals surface area contributed by atoms with Gasteiger partial charge in [0.1, 0.15) is 10.6 Å².